The van der Waals surface area contributed by atoms with Crippen LogP contribution in [0.5, 0.6) is 0 Å². The van der Waals surface area contributed by atoms with E-state index < -0.39 is 34.5 Å². The Morgan fingerprint density at radius 2 is 2.17 bits per heavy atom. The number of nitrogens with one attached hydrogen (secondary N) is 1. The number of ether oxygens (including phenoxy) is 1. The van der Waals surface area contributed by atoms with Gasteiger partial charge in [-0.05, 0) is 15.9 Å². The molecule has 1 aliphatic heterocycles. The second-order valence-corrected chi connectivity index (χ2v) is 5.74. The van der Waals surface area contributed by atoms with Crippen LogP contribution in [0.3, 0.4) is 0 Å². The fourth-order valence-corrected chi connectivity index (χ4v) is 2.77. The summed E-state index contributed by atoms with van der Waals surface area (Å²) in [6.07, 6.45) is -1.25. The van der Waals surface area contributed by atoms with Gasteiger partial charge in [0.25, 0.3) is 5.56 Å². The number of rotatable bonds is 2. The van der Waals surface area contributed by atoms with E-state index in [4.69, 9.17) is 9.84 Å². The van der Waals surface area contributed by atoms with Crippen LogP contribution in [0.4, 0.5) is 0 Å². The third kappa shape index (κ3) is 2.32. The molecule has 0 amide bonds. The van der Waals surface area contributed by atoms with Crippen molar-refractivity contribution in [3.05, 3.63) is 31.5 Å². The van der Waals surface area contributed by atoms with Gasteiger partial charge in [0.1, 0.15) is 6.10 Å². The number of halogens is 2. The number of aliphatic hydroxyl groups excluding tert-OH is 2. The highest BCUT2D eigenvalue weighted by Gasteiger charge is 2.43. The van der Waals surface area contributed by atoms with Gasteiger partial charge in [-0.15, -0.1) is 0 Å². The lowest BCUT2D eigenvalue weighted by molar-refractivity contribution is -0.0457. The quantitative estimate of drug-likeness (QED) is 0.585. The minimum atomic E-state index is -0.947. The molecule has 1 aromatic rings. The number of H-pyrrole nitrogens is 1. The van der Waals surface area contributed by atoms with Crippen LogP contribution in [-0.2, 0) is 4.74 Å². The minimum absolute atomic E-state index is 0.173. The SMILES string of the molecule is O=c1[nH]c(=O)n([C@@H]2O[C@@H](CO)[C@@H](O)[C@H]2Br)cc1Br. The van der Waals surface area contributed by atoms with Gasteiger partial charge in [-0.2, -0.15) is 0 Å². The standard InChI is InChI=1S/C9H10Br2N2O5/c10-3-1-13(9(17)12-7(3)16)8-5(11)6(15)4(2-14)18-8/h1,4-6,8,14-15H,2H2,(H,12,16,17)/t4-,5+,6+,8+/m0/s1. The van der Waals surface area contributed by atoms with Gasteiger partial charge >= 0.3 is 5.69 Å². The van der Waals surface area contributed by atoms with E-state index in [0.717, 1.165) is 4.57 Å². The van der Waals surface area contributed by atoms with Crippen molar-refractivity contribution in [3.63, 3.8) is 0 Å². The van der Waals surface area contributed by atoms with Gasteiger partial charge in [0, 0.05) is 6.20 Å². The lowest BCUT2D eigenvalue weighted by Gasteiger charge is -2.16. The van der Waals surface area contributed by atoms with E-state index >= 15 is 0 Å². The largest absolute Gasteiger partial charge is 0.394 e. The first-order valence-corrected chi connectivity index (χ1v) is 6.76. The van der Waals surface area contributed by atoms with Crippen molar-refractivity contribution in [2.45, 2.75) is 23.3 Å². The number of aromatic nitrogens is 2. The molecular weight excluding hydrogens is 376 g/mol. The molecule has 3 N–H and O–H groups in total. The fraction of sp³-hybridized carbons (Fsp3) is 0.556. The summed E-state index contributed by atoms with van der Waals surface area (Å²) in [5.74, 6) is 0. The zero-order valence-electron chi connectivity index (χ0n) is 8.92. The summed E-state index contributed by atoms with van der Waals surface area (Å²) in [5, 5.41) is 18.8. The first-order chi connectivity index (χ1) is 8.45. The lowest BCUT2D eigenvalue weighted by Crippen LogP contribution is -2.35. The van der Waals surface area contributed by atoms with E-state index in [0.29, 0.717) is 0 Å². The molecule has 1 aromatic heterocycles. The second kappa shape index (κ2) is 5.25. The molecule has 0 bridgehead atoms. The maximum Gasteiger partial charge on any atom is 0.330 e. The van der Waals surface area contributed by atoms with Crippen LogP contribution in [0.1, 0.15) is 6.23 Å². The highest BCUT2D eigenvalue weighted by molar-refractivity contribution is 9.10. The minimum Gasteiger partial charge on any atom is -0.394 e. The fourth-order valence-electron chi connectivity index (χ4n) is 1.73. The molecular formula is C9H10Br2N2O5. The Balaban J connectivity index is 2.42. The predicted molar refractivity (Wildman–Crippen MR) is 68.7 cm³/mol. The Hall–Kier alpha value is -0.480. The number of aromatic amines is 1. The van der Waals surface area contributed by atoms with Crippen molar-refractivity contribution in [2.24, 2.45) is 0 Å². The van der Waals surface area contributed by atoms with E-state index in [2.05, 4.69) is 36.8 Å². The van der Waals surface area contributed by atoms with Gasteiger partial charge in [0.05, 0.1) is 22.0 Å². The first kappa shape index (κ1) is 13.9. The van der Waals surface area contributed by atoms with Crippen LogP contribution in [0, 0.1) is 0 Å². The normalized spacial score (nSPS) is 31.8. The van der Waals surface area contributed by atoms with E-state index in [9.17, 15) is 14.7 Å². The zero-order valence-corrected chi connectivity index (χ0v) is 12.1. The molecule has 18 heavy (non-hydrogen) atoms. The molecule has 1 aliphatic rings. The predicted octanol–water partition coefficient (Wildman–Crippen LogP) is -0.687. The molecule has 4 atom stereocenters. The van der Waals surface area contributed by atoms with Crippen molar-refractivity contribution >= 4 is 31.9 Å². The maximum absolute atomic E-state index is 11.7. The summed E-state index contributed by atoms with van der Waals surface area (Å²) >= 11 is 6.22. The van der Waals surface area contributed by atoms with Crippen LogP contribution in [0.25, 0.3) is 0 Å². The Kier molecular flexibility index (Phi) is 4.07. The second-order valence-electron chi connectivity index (χ2n) is 3.83. The van der Waals surface area contributed by atoms with Gasteiger partial charge in [0.15, 0.2) is 6.23 Å². The van der Waals surface area contributed by atoms with Gasteiger partial charge in [-0.3, -0.25) is 14.3 Å². The molecule has 7 nitrogen and oxygen atoms in total. The monoisotopic (exact) mass is 384 g/mol. The maximum atomic E-state index is 11.7. The van der Waals surface area contributed by atoms with Crippen molar-refractivity contribution in [3.8, 4) is 0 Å². The number of nitrogens with zero attached hydrogens (tertiary/aromatic N) is 1. The number of alkyl halides is 1. The molecule has 0 aromatic carbocycles. The van der Waals surface area contributed by atoms with Gasteiger partial charge in [-0.1, -0.05) is 15.9 Å². The molecule has 2 heterocycles. The molecule has 0 saturated carbocycles. The van der Waals surface area contributed by atoms with Crippen LogP contribution < -0.4 is 11.2 Å². The van der Waals surface area contributed by atoms with Crippen molar-refractivity contribution in [2.75, 3.05) is 6.61 Å². The summed E-state index contributed by atoms with van der Waals surface area (Å²) in [4.78, 5) is 24.4. The summed E-state index contributed by atoms with van der Waals surface area (Å²) in [5.41, 5.74) is -1.19. The van der Waals surface area contributed by atoms with Gasteiger partial charge in [-0.25, -0.2) is 4.79 Å². The molecule has 1 saturated heterocycles. The average Bonchev–Trinajstić information content (AvgIpc) is 2.61. The molecule has 0 spiro atoms. The summed E-state index contributed by atoms with van der Waals surface area (Å²) in [7, 11) is 0. The number of hydrogen-bond donors (Lipinski definition) is 3. The van der Waals surface area contributed by atoms with Crippen LogP contribution >= 0.6 is 31.9 Å². The molecule has 2 rings (SSSR count). The average molecular weight is 386 g/mol. The lowest BCUT2D eigenvalue weighted by atomic mass is 10.2. The molecule has 9 heteroatoms. The van der Waals surface area contributed by atoms with E-state index in [-0.39, 0.29) is 11.1 Å². The molecule has 100 valence electrons. The Labute approximate surface area is 118 Å². The number of aliphatic hydroxyl groups is 2. The smallest absolute Gasteiger partial charge is 0.330 e. The van der Waals surface area contributed by atoms with Crippen molar-refractivity contribution < 1.29 is 14.9 Å². The topological polar surface area (TPSA) is 105 Å². The third-order valence-electron chi connectivity index (χ3n) is 2.67. The number of hydrogen-bond acceptors (Lipinski definition) is 5. The molecule has 0 aliphatic carbocycles. The van der Waals surface area contributed by atoms with E-state index in [1.165, 1.54) is 6.20 Å². The Bertz CT molecular complexity index is 557. The molecule has 0 unspecified atom stereocenters. The summed E-state index contributed by atoms with van der Waals surface area (Å²) in [6.45, 7) is -0.362. The highest BCUT2D eigenvalue weighted by atomic mass is 79.9. The van der Waals surface area contributed by atoms with Crippen molar-refractivity contribution in [1.29, 1.82) is 0 Å². The van der Waals surface area contributed by atoms with Crippen LogP contribution in [0.15, 0.2) is 20.3 Å². The van der Waals surface area contributed by atoms with Gasteiger partial charge < -0.3 is 14.9 Å². The molecule has 1 fully saturated rings. The Morgan fingerprint density at radius 1 is 1.50 bits per heavy atom. The third-order valence-corrected chi connectivity index (χ3v) is 4.23. The zero-order chi connectivity index (χ0) is 13.4. The summed E-state index contributed by atoms with van der Waals surface area (Å²) in [6, 6.07) is 0. The molecule has 0 radical (unpaired) electrons. The Morgan fingerprint density at radius 3 is 2.72 bits per heavy atom. The summed E-state index contributed by atoms with van der Waals surface area (Å²) < 4.78 is 6.69. The highest BCUT2D eigenvalue weighted by Crippen LogP contribution is 2.33. The van der Waals surface area contributed by atoms with Gasteiger partial charge in [0.2, 0.25) is 0 Å². The van der Waals surface area contributed by atoms with E-state index in [1.54, 1.807) is 0 Å². The van der Waals surface area contributed by atoms with Crippen molar-refractivity contribution in [1.82, 2.24) is 9.55 Å². The van der Waals surface area contributed by atoms with Crippen LogP contribution in [-0.4, -0.2) is 43.4 Å². The first-order valence-electron chi connectivity index (χ1n) is 5.05. The van der Waals surface area contributed by atoms with E-state index in [1.807, 2.05) is 0 Å². The van der Waals surface area contributed by atoms with Crippen LogP contribution in [0.2, 0.25) is 0 Å².